The SMILES string of the molecule is COC(CCC(=O)NO)c1cccc(C)c1. The molecule has 1 unspecified atom stereocenters. The zero-order valence-electron chi connectivity index (χ0n) is 9.56. The Labute approximate surface area is 95.2 Å². The molecule has 4 nitrogen and oxygen atoms in total. The van der Waals surface area contributed by atoms with E-state index >= 15 is 0 Å². The molecule has 1 atom stereocenters. The van der Waals surface area contributed by atoms with E-state index in [1.807, 2.05) is 31.2 Å². The highest BCUT2D eigenvalue weighted by atomic mass is 16.5. The van der Waals surface area contributed by atoms with Gasteiger partial charge in [0.2, 0.25) is 5.91 Å². The molecule has 0 radical (unpaired) electrons. The normalized spacial score (nSPS) is 12.2. The van der Waals surface area contributed by atoms with Gasteiger partial charge in [0, 0.05) is 13.5 Å². The van der Waals surface area contributed by atoms with Crippen LogP contribution in [-0.2, 0) is 9.53 Å². The van der Waals surface area contributed by atoms with Crippen LogP contribution in [0.25, 0.3) is 0 Å². The van der Waals surface area contributed by atoms with Gasteiger partial charge in [-0.15, -0.1) is 0 Å². The Morgan fingerprint density at radius 2 is 2.31 bits per heavy atom. The monoisotopic (exact) mass is 223 g/mol. The van der Waals surface area contributed by atoms with E-state index in [9.17, 15) is 4.79 Å². The third-order valence-corrected chi connectivity index (χ3v) is 2.46. The first kappa shape index (κ1) is 12.7. The first-order valence-electron chi connectivity index (χ1n) is 5.19. The van der Waals surface area contributed by atoms with E-state index < -0.39 is 5.91 Å². The summed E-state index contributed by atoms with van der Waals surface area (Å²) in [5, 5.41) is 8.39. The highest BCUT2D eigenvalue weighted by molar-refractivity contribution is 5.74. The smallest absolute Gasteiger partial charge is 0.243 e. The van der Waals surface area contributed by atoms with Gasteiger partial charge in [0.1, 0.15) is 0 Å². The Balaban J connectivity index is 2.64. The fourth-order valence-corrected chi connectivity index (χ4v) is 1.61. The number of benzene rings is 1. The number of methoxy groups -OCH3 is 1. The van der Waals surface area contributed by atoms with Crippen LogP contribution in [0.3, 0.4) is 0 Å². The number of ether oxygens (including phenoxy) is 1. The first-order valence-corrected chi connectivity index (χ1v) is 5.19. The molecule has 0 heterocycles. The van der Waals surface area contributed by atoms with Crippen LogP contribution in [-0.4, -0.2) is 18.2 Å². The topological polar surface area (TPSA) is 58.6 Å². The van der Waals surface area contributed by atoms with Gasteiger partial charge in [0.05, 0.1) is 6.10 Å². The van der Waals surface area contributed by atoms with Crippen LogP contribution >= 0.6 is 0 Å². The summed E-state index contributed by atoms with van der Waals surface area (Å²) >= 11 is 0. The lowest BCUT2D eigenvalue weighted by atomic mass is 10.0. The standard InChI is InChI=1S/C12H17NO3/c1-9-4-3-5-10(8-9)11(16-2)6-7-12(14)13-15/h3-5,8,11,15H,6-7H2,1-2H3,(H,13,14). The summed E-state index contributed by atoms with van der Waals surface area (Å²) in [5.74, 6) is -0.394. The second-order valence-electron chi connectivity index (χ2n) is 3.71. The van der Waals surface area contributed by atoms with Crippen LogP contribution in [0, 0.1) is 6.92 Å². The van der Waals surface area contributed by atoms with E-state index in [2.05, 4.69) is 0 Å². The van der Waals surface area contributed by atoms with Crippen molar-refractivity contribution in [1.82, 2.24) is 5.48 Å². The van der Waals surface area contributed by atoms with Crippen molar-refractivity contribution in [2.75, 3.05) is 7.11 Å². The highest BCUT2D eigenvalue weighted by Gasteiger charge is 2.12. The summed E-state index contributed by atoms with van der Waals surface area (Å²) in [6, 6.07) is 7.97. The average Bonchev–Trinajstić information content (AvgIpc) is 2.29. The summed E-state index contributed by atoms with van der Waals surface area (Å²) < 4.78 is 5.32. The van der Waals surface area contributed by atoms with Gasteiger partial charge in [-0.25, -0.2) is 5.48 Å². The zero-order chi connectivity index (χ0) is 12.0. The van der Waals surface area contributed by atoms with Crippen molar-refractivity contribution < 1.29 is 14.7 Å². The van der Waals surface area contributed by atoms with Gasteiger partial charge in [0.15, 0.2) is 0 Å². The maximum absolute atomic E-state index is 10.9. The lowest BCUT2D eigenvalue weighted by Crippen LogP contribution is -2.19. The van der Waals surface area contributed by atoms with Crippen molar-refractivity contribution in [3.63, 3.8) is 0 Å². The number of carbonyl (C=O) groups is 1. The van der Waals surface area contributed by atoms with Gasteiger partial charge in [-0.1, -0.05) is 29.8 Å². The molecule has 1 aromatic carbocycles. The molecule has 0 aliphatic rings. The van der Waals surface area contributed by atoms with Crippen LogP contribution in [0.1, 0.15) is 30.1 Å². The molecule has 0 aliphatic carbocycles. The molecule has 88 valence electrons. The molecule has 0 saturated carbocycles. The Morgan fingerprint density at radius 3 is 2.88 bits per heavy atom. The van der Waals surface area contributed by atoms with Crippen molar-refractivity contribution in [3.05, 3.63) is 35.4 Å². The third-order valence-electron chi connectivity index (χ3n) is 2.46. The average molecular weight is 223 g/mol. The summed E-state index contributed by atoms with van der Waals surface area (Å²) in [5.41, 5.74) is 3.82. The van der Waals surface area contributed by atoms with E-state index in [0.717, 1.165) is 11.1 Å². The van der Waals surface area contributed by atoms with Gasteiger partial charge in [-0.2, -0.15) is 0 Å². The van der Waals surface area contributed by atoms with E-state index in [-0.39, 0.29) is 12.5 Å². The lowest BCUT2D eigenvalue weighted by molar-refractivity contribution is -0.129. The Hall–Kier alpha value is -1.39. The number of hydrogen-bond acceptors (Lipinski definition) is 3. The van der Waals surface area contributed by atoms with Crippen LogP contribution in [0.5, 0.6) is 0 Å². The molecular weight excluding hydrogens is 206 g/mol. The zero-order valence-corrected chi connectivity index (χ0v) is 9.56. The Bertz CT molecular complexity index is 352. The van der Waals surface area contributed by atoms with Crippen molar-refractivity contribution in [1.29, 1.82) is 0 Å². The fourth-order valence-electron chi connectivity index (χ4n) is 1.61. The minimum atomic E-state index is -0.394. The van der Waals surface area contributed by atoms with Crippen LogP contribution in [0.4, 0.5) is 0 Å². The van der Waals surface area contributed by atoms with Crippen LogP contribution in [0.15, 0.2) is 24.3 Å². The number of aryl methyl sites for hydroxylation is 1. The number of hydrogen-bond donors (Lipinski definition) is 2. The molecule has 0 fully saturated rings. The number of carbonyl (C=O) groups excluding carboxylic acids is 1. The largest absolute Gasteiger partial charge is 0.377 e. The predicted octanol–water partition coefficient (Wildman–Crippen LogP) is 1.97. The lowest BCUT2D eigenvalue weighted by Gasteiger charge is -2.15. The van der Waals surface area contributed by atoms with Gasteiger partial charge >= 0.3 is 0 Å². The molecule has 0 spiro atoms. The van der Waals surface area contributed by atoms with Crippen molar-refractivity contribution in [2.45, 2.75) is 25.9 Å². The number of amides is 1. The minimum Gasteiger partial charge on any atom is -0.377 e. The summed E-state index contributed by atoms with van der Waals surface area (Å²) in [6.45, 7) is 2.01. The maximum atomic E-state index is 10.9. The molecule has 16 heavy (non-hydrogen) atoms. The minimum absolute atomic E-state index is 0.114. The molecule has 1 aromatic rings. The number of hydroxylamine groups is 1. The van der Waals surface area contributed by atoms with Gasteiger partial charge in [0.25, 0.3) is 0 Å². The predicted molar refractivity (Wildman–Crippen MR) is 60.1 cm³/mol. The third kappa shape index (κ3) is 3.64. The van der Waals surface area contributed by atoms with E-state index in [1.165, 1.54) is 0 Å². The second-order valence-corrected chi connectivity index (χ2v) is 3.71. The van der Waals surface area contributed by atoms with Crippen molar-refractivity contribution in [2.24, 2.45) is 0 Å². The van der Waals surface area contributed by atoms with Crippen LogP contribution < -0.4 is 5.48 Å². The second kappa shape index (κ2) is 6.25. The molecule has 0 saturated heterocycles. The number of nitrogens with one attached hydrogen (secondary N) is 1. The summed E-state index contributed by atoms with van der Waals surface area (Å²) in [4.78, 5) is 10.9. The molecule has 0 aliphatic heterocycles. The highest BCUT2D eigenvalue weighted by Crippen LogP contribution is 2.22. The maximum Gasteiger partial charge on any atom is 0.243 e. The quantitative estimate of drug-likeness (QED) is 0.592. The molecule has 2 N–H and O–H groups in total. The van der Waals surface area contributed by atoms with Crippen LogP contribution in [0.2, 0.25) is 0 Å². The number of rotatable bonds is 5. The van der Waals surface area contributed by atoms with E-state index in [0.29, 0.717) is 6.42 Å². The molecule has 0 aromatic heterocycles. The molecule has 1 rings (SSSR count). The van der Waals surface area contributed by atoms with E-state index in [1.54, 1.807) is 12.6 Å². The Morgan fingerprint density at radius 1 is 1.56 bits per heavy atom. The summed E-state index contributed by atoms with van der Waals surface area (Å²) in [6.07, 6.45) is 0.673. The van der Waals surface area contributed by atoms with Crippen molar-refractivity contribution in [3.8, 4) is 0 Å². The molecule has 4 heteroatoms. The molecule has 1 amide bonds. The molecule has 0 bridgehead atoms. The first-order chi connectivity index (χ1) is 7.67. The van der Waals surface area contributed by atoms with E-state index in [4.69, 9.17) is 9.94 Å². The van der Waals surface area contributed by atoms with Gasteiger partial charge in [-0.3, -0.25) is 10.0 Å². The molecular formula is C12H17NO3. The van der Waals surface area contributed by atoms with Gasteiger partial charge in [-0.05, 0) is 18.9 Å². The van der Waals surface area contributed by atoms with Gasteiger partial charge < -0.3 is 4.74 Å². The fraction of sp³-hybridized carbons (Fsp3) is 0.417. The van der Waals surface area contributed by atoms with Crippen molar-refractivity contribution >= 4 is 5.91 Å². The Kier molecular flexibility index (Phi) is 4.95. The summed E-state index contributed by atoms with van der Waals surface area (Å²) in [7, 11) is 1.61.